The molecule has 23 heavy (non-hydrogen) atoms. The monoisotopic (exact) mass is 308 g/mol. The summed E-state index contributed by atoms with van der Waals surface area (Å²) in [5, 5.41) is 11.8. The first-order valence-electron chi connectivity index (χ1n) is 7.37. The summed E-state index contributed by atoms with van der Waals surface area (Å²) >= 11 is 0. The molecule has 0 unspecified atom stereocenters. The van der Waals surface area contributed by atoms with Gasteiger partial charge in [0.1, 0.15) is 11.8 Å². The van der Waals surface area contributed by atoms with E-state index in [9.17, 15) is 4.79 Å². The lowest BCUT2D eigenvalue weighted by Gasteiger charge is -2.28. The maximum Gasteiger partial charge on any atom is 0.274 e. The number of hydrogen-bond donors (Lipinski definition) is 1. The summed E-state index contributed by atoms with van der Waals surface area (Å²) in [6.45, 7) is 2.95. The van der Waals surface area contributed by atoms with Crippen LogP contribution in [-0.2, 0) is 4.74 Å². The normalized spacial score (nSPS) is 14.1. The van der Waals surface area contributed by atoms with E-state index in [2.05, 4.69) is 21.3 Å². The van der Waals surface area contributed by atoms with Crippen LogP contribution < -0.4 is 10.2 Å². The maximum atomic E-state index is 12.4. The fourth-order valence-electron chi connectivity index (χ4n) is 2.44. The van der Waals surface area contributed by atoms with Gasteiger partial charge in [0.05, 0.1) is 24.5 Å². The molecule has 2 heterocycles. The second-order valence-corrected chi connectivity index (χ2v) is 5.11. The summed E-state index contributed by atoms with van der Waals surface area (Å²) in [6.07, 6.45) is 1.62. The number of para-hydroxylation sites is 1. The molecule has 0 spiro atoms. The number of nitriles is 1. The number of pyridine rings is 1. The zero-order valence-electron chi connectivity index (χ0n) is 12.5. The molecule has 3 rings (SSSR count). The summed E-state index contributed by atoms with van der Waals surface area (Å²) in [4.78, 5) is 18.7. The van der Waals surface area contributed by atoms with Crippen LogP contribution in [-0.4, -0.2) is 37.2 Å². The molecule has 1 saturated heterocycles. The van der Waals surface area contributed by atoms with E-state index < -0.39 is 0 Å². The second-order valence-electron chi connectivity index (χ2n) is 5.11. The van der Waals surface area contributed by atoms with Gasteiger partial charge < -0.3 is 15.0 Å². The first kappa shape index (κ1) is 15.0. The van der Waals surface area contributed by atoms with Crippen molar-refractivity contribution in [2.24, 2.45) is 0 Å². The average molecular weight is 308 g/mol. The number of benzene rings is 1. The van der Waals surface area contributed by atoms with Crippen LogP contribution in [0, 0.1) is 11.3 Å². The van der Waals surface area contributed by atoms with Crippen LogP contribution in [0.2, 0.25) is 0 Å². The SMILES string of the molecule is N#Cc1ccccc1NC(=O)c1cc(N2CCOCC2)ccn1. The number of ether oxygens (including phenoxy) is 1. The Balaban J connectivity index is 1.78. The Kier molecular flexibility index (Phi) is 4.50. The van der Waals surface area contributed by atoms with Crippen LogP contribution in [0.5, 0.6) is 0 Å². The number of nitrogens with one attached hydrogen (secondary N) is 1. The molecule has 1 aromatic carbocycles. The highest BCUT2D eigenvalue weighted by atomic mass is 16.5. The quantitative estimate of drug-likeness (QED) is 0.939. The molecule has 0 radical (unpaired) electrons. The van der Waals surface area contributed by atoms with Crippen molar-refractivity contribution in [3.05, 3.63) is 53.9 Å². The lowest BCUT2D eigenvalue weighted by atomic mass is 10.2. The molecule has 1 amide bonds. The predicted molar refractivity (Wildman–Crippen MR) is 86.4 cm³/mol. The molecule has 116 valence electrons. The summed E-state index contributed by atoms with van der Waals surface area (Å²) in [5.41, 5.74) is 2.17. The molecule has 0 bridgehead atoms. The maximum absolute atomic E-state index is 12.4. The Morgan fingerprint density at radius 2 is 2.04 bits per heavy atom. The molecular weight excluding hydrogens is 292 g/mol. The van der Waals surface area contributed by atoms with Gasteiger partial charge in [0.25, 0.3) is 5.91 Å². The minimum atomic E-state index is -0.331. The van der Waals surface area contributed by atoms with Gasteiger partial charge in [-0.2, -0.15) is 5.26 Å². The van der Waals surface area contributed by atoms with Crippen LogP contribution in [0.4, 0.5) is 11.4 Å². The first-order chi connectivity index (χ1) is 11.3. The Morgan fingerprint density at radius 3 is 2.83 bits per heavy atom. The number of anilines is 2. The molecule has 1 aliphatic heterocycles. The van der Waals surface area contributed by atoms with Crippen molar-refractivity contribution in [2.75, 3.05) is 36.5 Å². The van der Waals surface area contributed by atoms with Gasteiger partial charge in [-0.25, -0.2) is 0 Å². The molecule has 6 nitrogen and oxygen atoms in total. The molecule has 2 aromatic rings. The highest BCUT2D eigenvalue weighted by Crippen LogP contribution is 2.18. The van der Waals surface area contributed by atoms with Crippen molar-refractivity contribution < 1.29 is 9.53 Å². The number of amides is 1. The van der Waals surface area contributed by atoms with E-state index in [1.165, 1.54) is 0 Å². The van der Waals surface area contributed by atoms with Gasteiger partial charge in [0.15, 0.2) is 0 Å². The standard InChI is InChI=1S/C17H16N4O2/c18-12-13-3-1-2-4-15(13)20-17(22)16-11-14(5-6-19-16)21-7-9-23-10-8-21/h1-6,11H,7-10H2,(H,20,22). The van der Waals surface area contributed by atoms with Crippen LogP contribution >= 0.6 is 0 Å². The van der Waals surface area contributed by atoms with Gasteiger partial charge >= 0.3 is 0 Å². The van der Waals surface area contributed by atoms with E-state index in [1.807, 2.05) is 6.07 Å². The van der Waals surface area contributed by atoms with Crippen molar-refractivity contribution in [1.29, 1.82) is 5.26 Å². The number of hydrogen-bond acceptors (Lipinski definition) is 5. The number of aromatic nitrogens is 1. The van der Waals surface area contributed by atoms with Crippen molar-refractivity contribution in [3.63, 3.8) is 0 Å². The predicted octanol–water partition coefficient (Wildman–Crippen LogP) is 2.04. The van der Waals surface area contributed by atoms with E-state index >= 15 is 0 Å². The second kappa shape index (κ2) is 6.90. The minimum absolute atomic E-state index is 0.321. The number of morpholine rings is 1. The Morgan fingerprint density at radius 1 is 1.26 bits per heavy atom. The zero-order valence-corrected chi connectivity index (χ0v) is 12.5. The molecule has 0 saturated carbocycles. The Hall–Kier alpha value is -2.91. The van der Waals surface area contributed by atoms with Gasteiger partial charge in [-0.15, -0.1) is 0 Å². The number of rotatable bonds is 3. The van der Waals surface area contributed by atoms with E-state index in [1.54, 1.807) is 36.5 Å². The number of carbonyl (C=O) groups excluding carboxylic acids is 1. The van der Waals surface area contributed by atoms with Gasteiger partial charge in [0, 0.05) is 25.0 Å². The van der Waals surface area contributed by atoms with Gasteiger partial charge in [0.2, 0.25) is 0 Å². The topological polar surface area (TPSA) is 78.2 Å². The average Bonchev–Trinajstić information content (AvgIpc) is 2.63. The van der Waals surface area contributed by atoms with Crippen LogP contribution in [0.15, 0.2) is 42.6 Å². The van der Waals surface area contributed by atoms with E-state index in [-0.39, 0.29) is 5.91 Å². The molecule has 0 atom stereocenters. The lowest BCUT2D eigenvalue weighted by Crippen LogP contribution is -2.36. The van der Waals surface area contributed by atoms with Crippen molar-refractivity contribution >= 4 is 17.3 Å². The highest BCUT2D eigenvalue weighted by Gasteiger charge is 2.15. The van der Waals surface area contributed by atoms with E-state index in [0.29, 0.717) is 30.2 Å². The first-order valence-corrected chi connectivity index (χ1v) is 7.37. The van der Waals surface area contributed by atoms with Crippen LogP contribution in [0.25, 0.3) is 0 Å². The summed E-state index contributed by atoms with van der Waals surface area (Å²) in [7, 11) is 0. The molecule has 1 aliphatic rings. The summed E-state index contributed by atoms with van der Waals surface area (Å²) in [5.74, 6) is -0.331. The number of nitrogens with zero attached hydrogens (tertiary/aromatic N) is 3. The highest BCUT2D eigenvalue weighted by molar-refractivity contribution is 6.04. The van der Waals surface area contributed by atoms with Crippen molar-refractivity contribution in [2.45, 2.75) is 0 Å². The summed E-state index contributed by atoms with van der Waals surface area (Å²) in [6, 6.07) is 12.6. The van der Waals surface area contributed by atoms with Crippen molar-refractivity contribution in [1.82, 2.24) is 4.98 Å². The molecule has 0 aliphatic carbocycles. The van der Waals surface area contributed by atoms with Gasteiger partial charge in [-0.3, -0.25) is 9.78 Å². The third kappa shape index (κ3) is 3.47. The fourth-order valence-corrected chi connectivity index (χ4v) is 2.44. The molecule has 1 fully saturated rings. The Labute approximate surface area is 134 Å². The van der Waals surface area contributed by atoms with Crippen LogP contribution in [0.1, 0.15) is 16.1 Å². The zero-order chi connectivity index (χ0) is 16.1. The summed E-state index contributed by atoms with van der Waals surface area (Å²) < 4.78 is 5.34. The molecule has 1 aromatic heterocycles. The van der Waals surface area contributed by atoms with Crippen molar-refractivity contribution in [3.8, 4) is 6.07 Å². The molecule has 1 N–H and O–H groups in total. The third-order valence-electron chi connectivity index (χ3n) is 3.65. The van der Waals surface area contributed by atoms with E-state index in [4.69, 9.17) is 10.00 Å². The Bertz CT molecular complexity index is 748. The van der Waals surface area contributed by atoms with Gasteiger partial charge in [-0.05, 0) is 24.3 Å². The minimum Gasteiger partial charge on any atom is -0.378 e. The third-order valence-corrected chi connectivity index (χ3v) is 3.65. The largest absolute Gasteiger partial charge is 0.378 e. The van der Waals surface area contributed by atoms with E-state index in [0.717, 1.165) is 18.8 Å². The molecular formula is C17H16N4O2. The van der Waals surface area contributed by atoms with Gasteiger partial charge in [-0.1, -0.05) is 12.1 Å². The van der Waals surface area contributed by atoms with Crippen LogP contribution in [0.3, 0.4) is 0 Å². The number of carbonyl (C=O) groups is 1. The smallest absolute Gasteiger partial charge is 0.274 e. The fraction of sp³-hybridized carbons (Fsp3) is 0.235. The molecule has 6 heteroatoms. The lowest BCUT2D eigenvalue weighted by molar-refractivity contribution is 0.102.